The topological polar surface area (TPSA) is 26.5 Å². The molecule has 0 atom stereocenters. The first-order valence-electron chi connectivity index (χ1n) is 1.37. The maximum Gasteiger partial charge on any atom is 0.115 e. The van der Waals surface area contributed by atoms with Gasteiger partial charge < -0.3 is 0 Å². The van der Waals surface area contributed by atoms with Crippen molar-refractivity contribution >= 4 is 6.34 Å². The van der Waals surface area contributed by atoms with Crippen LogP contribution >= 0.6 is 0 Å². The van der Waals surface area contributed by atoms with Gasteiger partial charge in [-0.2, -0.15) is 0 Å². The molecule has 1 aliphatic heterocycles. The Kier molecular flexibility index (Phi) is 3.34. The van der Waals surface area contributed by atoms with Gasteiger partial charge in [-0.1, -0.05) is 0 Å². The van der Waals surface area contributed by atoms with Gasteiger partial charge in [0, 0.05) is 38.6 Å². The second-order valence-electron chi connectivity index (χ2n) is 0.712. The first-order chi connectivity index (χ1) is 2.50. The Hall–Kier alpha value is 0.0931. The third-order valence-electron chi connectivity index (χ3n) is 0.372. The van der Waals surface area contributed by atoms with Crippen LogP contribution in [0.4, 0.5) is 0 Å². The maximum atomic E-state index is 3.61. The zero-order valence-corrected chi connectivity index (χ0v) is 5.58. The molecule has 1 aliphatic rings. The van der Waals surface area contributed by atoms with Crippen molar-refractivity contribution in [1.82, 2.24) is 5.32 Å². The van der Waals surface area contributed by atoms with E-state index in [-0.39, 0.29) is 26.2 Å². The number of rotatable bonds is 0. The zero-order chi connectivity index (χ0) is 3.54. The molecule has 0 unspecified atom stereocenters. The second kappa shape index (κ2) is 3.29. The van der Waals surface area contributed by atoms with E-state index < -0.39 is 0 Å². The van der Waals surface area contributed by atoms with Crippen molar-refractivity contribution in [2.24, 2.45) is 4.99 Å². The van der Waals surface area contributed by atoms with Gasteiger partial charge in [0.05, 0.1) is 0 Å². The van der Waals surface area contributed by atoms with Gasteiger partial charge in [0.2, 0.25) is 0 Å². The molecule has 0 bridgehead atoms. The summed E-state index contributed by atoms with van der Waals surface area (Å²) in [6.07, 6.45) is 4.78. The number of nitrogens with zero attached hydrogens (tertiary/aromatic N) is 2. The first kappa shape index (κ1) is 6.09. The van der Waals surface area contributed by atoms with E-state index in [1.807, 2.05) is 0 Å². The summed E-state index contributed by atoms with van der Waals surface area (Å²) >= 11 is 0. The molecule has 0 aliphatic carbocycles. The van der Waals surface area contributed by atoms with Crippen LogP contribution in [0.5, 0.6) is 0 Å². The SMILES string of the molecule is C1=CN=C[N]1.[Zr]. The summed E-state index contributed by atoms with van der Waals surface area (Å²) in [6, 6.07) is 0. The number of hydrogen-bond donors (Lipinski definition) is 0. The Morgan fingerprint density at radius 2 is 2.00 bits per heavy atom. The first-order valence-corrected chi connectivity index (χ1v) is 1.37. The van der Waals surface area contributed by atoms with Gasteiger partial charge in [0.1, 0.15) is 6.34 Å². The van der Waals surface area contributed by atoms with Crippen molar-refractivity contribution in [3.05, 3.63) is 12.4 Å². The fraction of sp³-hybridized carbons (Fsp3) is 0. The summed E-state index contributed by atoms with van der Waals surface area (Å²) in [5.74, 6) is 0. The molecule has 6 heavy (non-hydrogen) atoms. The Morgan fingerprint density at radius 3 is 2.17 bits per heavy atom. The summed E-state index contributed by atoms with van der Waals surface area (Å²) in [7, 11) is 0. The van der Waals surface area contributed by atoms with E-state index in [1.165, 1.54) is 6.34 Å². The van der Waals surface area contributed by atoms with Gasteiger partial charge >= 0.3 is 0 Å². The van der Waals surface area contributed by atoms with E-state index in [1.54, 1.807) is 12.4 Å². The van der Waals surface area contributed by atoms with E-state index in [0.29, 0.717) is 0 Å². The second-order valence-corrected chi connectivity index (χ2v) is 0.712. The molecule has 2 nitrogen and oxygen atoms in total. The largest absolute Gasteiger partial charge is 0.243 e. The van der Waals surface area contributed by atoms with Gasteiger partial charge in [-0.25, -0.2) is 10.3 Å². The molecule has 1 heterocycles. The fourth-order valence-corrected chi connectivity index (χ4v) is 0.192. The van der Waals surface area contributed by atoms with Gasteiger partial charge in [0.25, 0.3) is 0 Å². The molecule has 0 saturated heterocycles. The maximum absolute atomic E-state index is 3.61. The van der Waals surface area contributed by atoms with Crippen molar-refractivity contribution in [2.45, 2.75) is 0 Å². The third-order valence-corrected chi connectivity index (χ3v) is 0.372. The molecule has 1 rings (SSSR count). The zero-order valence-electron chi connectivity index (χ0n) is 3.13. The molecule has 0 spiro atoms. The molecular weight excluding hydrogens is 155 g/mol. The summed E-state index contributed by atoms with van der Waals surface area (Å²) in [4.78, 5) is 3.61. The van der Waals surface area contributed by atoms with Crippen LogP contribution in [0.15, 0.2) is 17.4 Å². The van der Waals surface area contributed by atoms with Crippen LogP contribution < -0.4 is 5.32 Å². The standard InChI is InChI=1S/C3H3N2.Zr/c1-2-5-3-4-1;/h1-3H;. The molecule has 0 amide bonds. The van der Waals surface area contributed by atoms with Crippen LogP contribution in [-0.4, -0.2) is 6.34 Å². The van der Waals surface area contributed by atoms with Crippen molar-refractivity contribution in [2.75, 3.05) is 0 Å². The average molecular weight is 158 g/mol. The molecule has 29 valence electrons. The van der Waals surface area contributed by atoms with Gasteiger partial charge in [-0.3, -0.25) is 0 Å². The van der Waals surface area contributed by atoms with Crippen LogP contribution in [0.3, 0.4) is 0 Å². The van der Waals surface area contributed by atoms with Gasteiger partial charge in [-0.05, 0) is 0 Å². The summed E-state index contributed by atoms with van der Waals surface area (Å²) in [6.45, 7) is 0. The normalized spacial score (nSPS) is 13.3. The molecule has 3 heteroatoms. The number of hydrogen-bond acceptors (Lipinski definition) is 1. The Labute approximate surface area is 55.5 Å². The van der Waals surface area contributed by atoms with Crippen LogP contribution in [0.1, 0.15) is 0 Å². The van der Waals surface area contributed by atoms with Crippen molar-refractivity contribution in [3.63, 3.8) is 0 Å². The molecule has 1 radical (unpaired) electrons. The van der Waals surface area contributed by atoms with E-state index in [9.17, 15) is 0 Å². The van der Waals surface area contributed by atoms with Gasteiger partial charge in [-0.15, -0.1) is 0 Å². The van der Waals surface area contributed by atoms with Crippen molar-refractivity contribution < 1.29 is 26.2 Å². The molecule has 0 N–H and O–H groups in total. The van der Waals surface area contributed by atoms with E-state index >= 15 is 0 Å². The quantitative estimate of drug-likeness (QED) is 0.478. The van der Waals surface area contributed by atoms with Crippen LogP contribution in [0.2, 0.25) is 0 Å². The monoisotopic (exact) mass is 157 g/mol. The molecule has 0 fully saturated rings. The Bertz CT molecular complexity index is 66.9. The van der Waals surface area contributed by atoms with Crippen molar-refractivity contribution in [3.8, 4) is 0 Å². The Morgan fingerprint density at radius 1 is 1.17 bits per heavy atom. The summed E-state index contributed by atoms with van der Waals surface area (Å²) in [5, 5.41) is 3.61. The number of aliphatic imine (C=N–C) groups is 1. The molecule has 0 aromatic heterocycles. The van der Waals surface area contributed by atoms with Crippen LogP contribution in [0, 0.1) is 0 Å². The predicted molar refractivity (Wildman–Crippen MR) is 19.8 cm³/mol. The average Bonchev–Trinajstić information content (AvgIpc) is 1.76. The summed E-state index contributed by atoms with van der Waals surface area (Å²) in [5.41, 5.74) is 0. The molecule has 0 aromatic rings. The van der Waals surface area contributed by atoms with Crippen molar-refractivity contribution in [1.29, 1.82) is 0 Å². The smallest absolute Gasteiger partial charge is 0.115 e. The van der Waals surface area contributed by atoms with E-state index in [0.717, 1.165) is 0 Å². The summed E-state index contributed by atoms with van der Waals surface area (Å²) < 4.78 is 0. The molecule has 0 aromatic carbocycles. The fourth-order valence-electron chi connectivity index (χ4n) is 0.192. The molecule has 0 saturated carbocycles. The Balaban J connectivity index is 0.000000250. The minimum atomic E-state index is 0. The van der Waals surface area contributed by atoms with E-state index in [4.69, 9.17) is 0 Å². The van der Waals surface area contributed by atoms with Crippen LogP contribution in [-0.2, 0) is 26.2 Å². The minimum Gasteiger partial charge on any atom is -0.243 e. The third kappa shape index (κ3) is 1.51. The predicted octanol–water partition coefficient (Wildman–Crippen LogP) is 0.101. The van der Waals surface area contributed by atoms with Crippen LogP contribution in [0.25, 0.3) is 0 Å². The minimum absolute atomic E-state index is 0. The van der Waals surface area contributed by atoms with E-state index in [2.05, 4.69) is 10.3 Å². The molecular formula is C3H3N2Zr. The van der Waals surface area contributed by atoms with Gasteiger partial charge in [0.15, 0.2) is 0 Å².